The maximum atomic E-state index is 13.1. The topological polar surface area (TPSA) is 39.1 Å². The third-order valence-electron chi connectivity index (χ3n) is 4.12. The molecule has 0 radical (unpaired) electrons. The van der Waals surface area contributed by atoms with Gasteiger partial charge in [-0.15, -0.1) is 11.3 Å². The Bertz CT molecular complexity index is 690. The van der Waals surface area contributed by atoms with E-state index >= 15 is 0 Å². The van der Waals surface area contributed by atoms with Crippen LogP contribution in [0.5, 0.6) is 0 Å². The standard InChI is InChI=1S/C17H22F3N3OS/c1-2-7-23-16(17(18,19)20)9-14(22-23)15-6-5-13(25-15)11-21-10-12-4-3-8-24-12/h5-6,9,12,21H,2-4,7-8,10-11H2,1H3/t12-/m0/s1. The minimum absolute atomic E-state index is 0.260. The molecule has 1 atom stereocenters. The fourth-order valence-corrected chi connectivity index (χ4v) is 3.85. The summed E-state index contributed by atoms with van der Waals surface area (Å²) in [6, 6.07) is 4.92. The summed E-state index contributed by atoms with van der Waals surface area (Å²) in [4.78, 5) is 1.83. The van der Waals surface area contributed by atoms with Gasteiger partial charge in [0.1, 0.15) is 11.4 Å². The van der Waals surface area contributed by atoms with Crippen LogP contribution >= 0.6 is 11.3 Å². The van der Waals surface area contributed by atoms with Crippen molar-refractivity contribution >= 4 is 11.3 Å². The minimum Gasteiger partial charge on any atom is -0.377 e. The number of hydrogen-bond acceptors (Lipinski definition) is 4. The van der Waals surface area contributed by atoms with Crippen LogP contribution in [0.4, 0.5) is 13.2 Å². The van der Waals surface area contributed by atoms with E-state index in [-0.39, 0.29) is 12.6 Å². The highest BCUT2D eigenvalue weighted by molar-refractivity contribution is 7.15. The molecule has 1 saturated heterocycles. The van der Waals surface area contributed by atoms with Crippen LogP contribution in [-0.4, -0.2) is 29.0 Å². The lowest BCUT2D eigenvalue weighted by atomic mass is 10.2. The second-order valence-corrected chi connectivity index (χ2v) is 7.34. The maximum Gasteiger partial charge on any atom is 0.433 e. The number of aryl methyl sites for hydroxylation is 1. The molecule has 0 amide bonds. The summed E-state index contributed by atoms with van der Waals surface area (Å²) in [5, 5.41) is 7.51. The molecule has 1 N–H and O–H groups in total. The summed E-state index contributed by atoms with van der Waals surface area (Å²) in [7, 11) is 0. The van der Waals surface area contributed by atoms with E-state index in [0.29, 0.717) is 18.7 Å². The molecule has 3 rings (SSSR count). The Labute approximate surface area is 149 Å². The lowest BCUT2D eigenvalue weighted by Gasteiger charge is -2.09. The van der Waals surface area contributed by atoms with E-state index in [9.17, 15) is 13.2 Å². The number of thiophene rings is 1. The molecule has 1 fully saturated rings. The number of alkyl halides is 3. The smallest absolute Gasteiger partial charge is 0.377 e. The van der Waals surface area contributed by atoms with Gasteiger partial charge in [0.2, 0.25) is 0 Å². The Balaban J connectivity index is 1.66. The van der Waals surface area contributed by atoms with E-state index < -0.39 is 11.9 Å². The van der Waals surface area contributed by atoms with Gasteiger partial charge >= 0.3 is 6.18 Å². The molecule has 25 heavy (non-hydrogen) atoms. The molecule has 1 aliphatic heterocycles. The van der Waals surface area contributed by atoms with Gasteiger partial charge in [-0.1, -0.05) is 6.92 Å². The van der Waals surface area contributed by atoms with Gasteiger partial charge in [0.05, 0.1) is 11.0 Å². The molecule has 0 bridgehead atoms. The van der Waals surface area contributed by atoms with Crippen LogP contribution in [0.3, 0.4) is 0 Å². The SMILES string of the molecule is CCCn1nc(-c2ccc(CNC[C@@H]3CCCO3)s2)cc1C(F)(F)F. The molecular weight excluding hydrogens is 351 g/mol. The van der Waals surface area contributed by atoms with Gasteiger partial charge in [-0.2, -0.15) is 18.3 Å². The zero-order chi connectivity index (χ0) is 17.9. The van der Waals surface area contributed by atoms with E-state index in [1.807, 2.05) is 19.1 Å². The molecule has 3 heterocycles. The van der Waals surface area contributed by atoms with Crippen molar-refractivity contribution in [2.45, 2.75) is 51.6 Å². The van der Waals surface area contributed by atoms with E-state index in [0.717, 1.165) is 46.5 Å². The molecular formula is C17H22F3N3OS. The molecule has 0 saturated carbocycles. The quantitative estimate of drug-likeness (QED) is 0.786. The highest BCUT2D eigenvalue weighted by Crippen LogP contribution is 2.34. The summed E-state index contributed by atoms with van der Waals surface area (Å²) in [5.74, 6) is 0. The molecule has 0 aromatic carbocycles. The molecule has 0 spiro atoms. The fourth-order valence-electron chi connectivity index (χ4n) is 2.92. The second-order valence-electron chi connectivity index (χ2n) is 6.17. The van der Waals surface area contributed by atoms with Gasteiger partial charge in [-0.25, -0.2) is 0 Å². The van der Waals surface area contributed by atoms with Crippen LogP contribution in [0, 0.1) is 0 Å². The zero-order valence-corrected chi connectivity index (χ0v) is 14.9. The Morgan fingerprint density at radius 2 is 2.24 bits per heavy atom. The fraction of sp³-hybridized carbons (Fsp3) is 0.588. The van der Waals surface area contributed by atoms with Crippen molar-refractivity contribution in [3.05, 3.63) is 28.8 Å². The molecule has 8 heteroatoms. The Morgan fingerprint density at radius 1 is 1.40 bits per heavy atom. The average molecular weight is 373 g/mol. The Kier molecular flexibility index (Phi) is 5.81. The van der Waals surface area contributed by atoms with Gasteiger partial charge in [-0.05, 0) is 37.5 Å². The van der Waals surface area contributed by atoms with Crippen LogP contribution in [0.1, 0.15) is 36.8 Å². The minimum atomic E-state index is -4.39. The predicted molar refractivity (Wildman–Crippen MR) is 91.5 cm³/mol. The normalized spacial score (nSPS) is 18.2. The first-order valence-electron chi connectivity index (χ1n) is 8.54. The Hall–Kier alpha value is -1.38. The number of nitrogens with zero attached hydrogens (tertiary/aromatic N) is 2. The van der Waals surface area contributed by atoms with Gasteiger partial charge < -0.3 is 10.1 Å². The maximum absolute atomic E-state index is 13.1. The van der Waals surface area contributed by atoms with Gasteiger partial charge in [-0.3, -0.25) is 4.68 Å². The van der Waals surface area contributed by atoms with Crippen LogP contribution in [0.15, 0.2) is 18.2 Å². The van der Waals surface area contributed by atoms with Crippen LogP contribution in [-0.2, 0) is 24.0 Å². The number of halogens is 3. The van der Waals surface area contributed by atoms with Crippen LogP contribution < -0.4 is 5.32 Å². The first-order valence-corrected chi connectivity index (χ1v) is 9.35. The first-order chi connectivity index (χ1) is 12.0. The summed E-state index contributed by atoms with van der Waals surface area (Å²) in [6.07, 6.45) is -1.32. The van der Waals surface area contributed by atoms with Crippen molar-refractivity contribution in [2.75, 3.05) is 13.2 Å². The molecule has 0 aliphatic carbocycles. The second kappa shape index (κ2) is 7.88. The van der Waals surface area contributed by atoms with Crippen molar-refractivity contribution in [2.24, 2.45) is 0 Å². The van der Waals surface area contributed by atoms with Crippen molar-refractivity contribution in [1.29, 1.82) is 0 Å². The van der Waals surface area contributed by atoms with E-state index in [2.05, 4.69) is 10.4 Å². The third kappa shape index (κ3) is 4.62. The third-order valence-corrected chi connectivity index (χ3v) is 5.22. The number of rotatable bonds is 7. The molecule has 2 aromatic heterocycles. The van der Waals surface area contributed by atoms with E-state index in [1.54, 1.807) is 0 Å². The average Bonchev–Trinajstić information content (AvgIpc) is 3.26. The van der Waals surface area contributed by atoms with Crippen molar-refractivity contribution in [3.8, 4) is 10.6 Å². The zero-order valence-electron chi connectivity index (χ0n) is 14.1. The van der Waals surface area contributed by atoms with Crippen LogP contribution in [0.25, 0.3) is 10.6 Å². The number of ether oxygens (including phenoxy) is 1. The molecule has 1 aliphatic rings. The molecule has 138 valence electrons. The molecule has 2 aromatic rings. The lowest BCUT2D eigenvalue weighted by molar-refractivity contribution is -0.144. The van der Waals surface area contributed by atoms with Crippen LogP contribution in [0.2, 0.25) is 0 Å². The predicted octanol–water partition coefficient (Wildman–Crippen LogP) is 4.31. The molecule has 4 nitrogen and oxygen atoms in total. The Morgan fingerprint density at radius 3 is 2.92 bits per heavy atom. The van der Waals surface area contributed by atoms with Gasteiger partial charge in [0.15, 0.2) is 0 Å². The van der Waals surface area contributed by atoms with E-state index in [4.69, 9.17) is 4.74 Å². The monoisotopic (exact) mass is 373 g/mol. The highest BCUT2D eigenvalue weighted by Gasteiger charge is 2.35. The first kappa shape index (κ1) is 18.4. The van der Waals surface area contributed by atoms with Crippen molar-refractivity contribution < 1.29 is 17.9 Å². The summed E-state index contributed by atoms with van der Waals surface area (Å²) < 4.78 is 46.0. The summed E-state index contributed by atoms with van der Waals surface area (Å²) >= 11 is 1.47. The van der Waals surface area contributed by atoms with Gasteiger partial charge in [0.25, 0.3) is 0 Å². The summed E-state index contributed by atoms with van der Waals surface area (Å²) in [6.45, 7) is 4.42. The highest BCUT2D eigenvalue weighted by atomic mass is 32.1. The van der Waals surface area contributed by atoms with Crippen molar-refractivity contribution in [1.82, 2.24) is 15.1 Å². The number of aromatic nitrogens is 2. The largest absolute Gasteiger partial charge is 0.433 e. The lowest BCUT2D eigenvalue weighted by Crippen LogP contribution is -2.25. The van der Waals surface area contributed by atoms with Crippen molar-refractivity contribution in [3.63, 3.8) is 0 Å². The molecule has 0 unspecified atom stereocenters. The summed E-state index contributed by atoms with van der Waals surface area (Å²) in [5.41, 5.74) is -0.299. The van der Waals surface area contributed by atoms with Gasteiger partial charge in [0, 0.05) is 31.1 Å². The number of nitrogens with one attached hydrogen (secondary N) is 1. The number of hydrogen-bond donors (Lipinski definition) is 1. The van der Waals surface area contributed by atoms with E-state index in [1.165, 1.54) is 11.3 Å².